The Kier molecular flexibility index (Phi) is 4.36. The Bertz CT molecular complexity index is 560. The summed E-state index contributed by atoms with van der Waals surface area (Å²) in [6.45, 7) is 1.89. The van der Waals surface area contributed by atoms with Crippen molar-refractivity contribution >= 4 is 23.3 Å². The lowest BCUT2D eigenvalue weighted by molar-refractivity contribution is 0.249. The predicted molar refractivity (Wildman–Crippen MR) is 76.3 cm³/mol. The first-order valence-corrected chi connectivity index (χ1v) is 6.26. The number of carbonyl (C=O) groups excluding carboxylic acids is 1. The monoisotopic (exact) mass is 275 g/mol. The van der Waals surface area contributed by atoms with Crippen LogP contribution in [0.3, 0.4) is 0 Å². The topological polar surface area (TPSA) is 54.0 Å². The molecular weight excluding hydrogens is 262 g/mol. The van der Waals surface area contributed by atoms with E-state index in [0.29, 0.717) is 10.7 Å². The van der Waals surface area contributed by atoms with E-state index < -0.39 is 0 Å². The Balaban J connectivity index is 1.97. The molecule has 0 bridgehead atoms. The summed E-state index contributed by atoms with van der Waals surface area (Å²) < 4.78 is 0. The molecule has 0 aliphatic carbocycles. The first-order valence-electron chi connectivity index (χ1n) is 5.89. The van der Waals surface area contributed by atoms with Gasteiger partial charge >= 0.3 is 6.03 Å². The average molecular weight is 276 g/mol. The molecule has 2 N–H and O–H groups in total. The summed E-state index contributed by atoms with van der Waals surface area (Å²) in [6, 6.07) is 10.4. The van der Waals surface area contributed by atoms with Gasteiger partial charge in [-0.3, -0.25) is 4.98 Å². The molecule has 2 amide bonds. The molecule has 4 nitrogen and oxygen atoms in total. The van der Waals surface area contributed by atoms with Crippen molar-refractivity contribution in [1.82, 2.24) is 10.3 Å². The molecule has 0 saturated carbocycles. The van der Waals surface area contributed by atoms with Gasteiger partial charge in [-0.05, 0) is 30.7 Å². The zero-order valence-corrected chi connectivity index (χ0v) is 11.2. The number of pyridine rings is 1. The van der Waals surface area contributed by atoms with Crippen LogP contribution < -0.4 is 10.6 Å². The number of aromatic nitrogens is 1. The Hall–Kier alpha value is -2.07. The minimum Gasteiger partial charge on any atom is -0.331 e. The van der Waals surface area contributed by atoms with Gasteiger partial charge in [-0.1, -0.05) is 29.8 Å². The van der Waals surface area contributed by atoms with Gasteiger partial charge in [0.05, 0.1) is 16.8 Å². The zero-order valence-electron chi connectivity index (χ0n) is 10.4. The largest absolute Gasteiger partial charge is 0.331 e. The third kappa shape index (κ3) is 3.69. The number of halogens is 1. The van der Waals surface area contributed by atoms with Gasteiger partial charge < -0.3 is 10.6 Å². The predicted octanol–water partition coefficient (Wildman–Crippen LogP) is 3.62. The van der Waals surface area contributed by atoms with E-state index in [0.717, 1.165) is 5.56 Å². The number of hydrogen-bond donors (Lipinski definition) is 2. The number of amides is 2. The number of rotatable bonds is 3. The van der Waals surface area contributed by atoms with Crippen molar-refractivity contribution in [1.29, 1.82) is 0 Å². The average Bonchev–Trinajstić information content (AvgIpc) is 2.42. The summed E-state index contributed by atoms with van der Waals surface area (Å²) in [4.78, 5) is 15.9. The van der Waals surface area contributed by atoms with Crippen molar-refractivity contribution < 1.29 is 4.79 Å². The lowest BCUT2D eigenvalue weighted by Crippen LogP contribution is -2.31. The van der Waals surface area contributed by atoms with E-state index in [1.807, 2.05) is 31.2 Å². The first kappa shape index (κ1) is 13.4. The maximum Gasteiger partial charge on any atom is 0.319 e. The molecule has 0 spiro atoms. The van der Waals surface area contributed by atoms with E-state index in [1.165, 1.54) is 0 Å². The van der Waals surface area contributed by atoms with E-state index >= 15 is 0 Å². The van der Waals surface area contributed by atoms with E-state index in [1.54, 1.807) is 24.5 Å². The fourth-order valence-corrected chi connectivity index (χ4v) is 1.82. The Labute approximate surface area is 116 Å². The molecule has 1 aromatic heterocycles. The quantitative estimate of drug-likeness (QED) is 0.899. The number of nitrogens with zero attached hydrogens (tertiary/aromatic N) is 1. The van der Waals surface area contributed by atoms with Crippen LogP contribution in [0.15, 0.2) is 48.8 Å². The lowest BCUT2D eigenvalue weighted by atomic mass is 10.1. The van der Waals surface area contributed by atoms with Gasteiger partial charge in [-0.25, -0.2) is 4.79 Å². The summed E-state index contributed by atoms with van der Waals surface area (Å²) >= 11 is 5.97. The van der Waals surface area contributed by atoms with E-state index in [4.69, 9.17) is 11.6 Å². The molecule has 0 unspecified atom stereocenters. The highest BCUT2D eigenvalue weighted by Crippen LogP contribution is 2.20. The molecule has 0 aliphatic heterocycles. The summed E-state index contributed by atoms with van der Waals surface area (Å²) in [5.41, 5.74) is 1.52. The van der Waals surface area contributed by atoms with Crippen molar-refractivity contribution in [3.63, 3.8) is 0 Å². The van der Waals surface area contributed by atoms with Crippen molar-refractivity contribution in [3.05, 3.63) is 59.4 Å². The summed E-state index contributed by atoms with van der Waals surface area (Å²) in [6.07, 6.45) is 3.42. The van der Waals surface area contributed by atoms with Crippen LogP contribution in [0.2, 0.25) is 5.02 Å². The molecule has 0 saturated heterocycles. The van der Waals surface area contributed by atoms with Crippen LogP contribution in [0.1, 0.15) is 18.5 Å². The first-order chi connectivity index (χ1) is 9.16. The molecule has 2 rings (SSSR count). The van der Waals surface area contributed by atoms with Crippen LogP contribution in [-0.2, 0) is 0 Å². The number of hydrogen-bond acceptors (Lipinski definition) is 2. The molecule has 5 heteroatoms. The highest BCUT2D eigenvalue weighted by atomic mass is 35.5. The second-order valence-electron chi connectivity index (χ2n) is 4.09. The SMILES string of the molecule is C[C@@H](NC(=O)Nc1ccccc1Cl)c1cccnc1. The van der Waals surface area contributed by atoms with Crippen molar-refractivity contribution in [2.24, 2.45) is 0 Å². The van der Waals surface area contributed by atoms with Crippen molar-refractivity contribution in [3.8, 4) is 0 Å². The molecule has 98 valence electrons. The Morgan fingerprint density at radius 3 is 2.74 bits per heavy atom. The molecule has 19 heavy (non-hydrogen) atoms. The lowest BCUT2D eigenvalue weighted by Gasteiger charge is -2.15. The summed E-state index contributed by atoms with van der Waals surface area (Å²) in [7, 11) is 0. The van der Waals surface area contributed by atoms with Crippen LogP contribution in [0.5, 0.6) is 0 Å². The molecule has 0 radical (unpaired) electrons. The summed E-state index contributed by atoms with van der Waals surface area (Å²) in [5.74, 6) is 0. The second kappa shape index (κ2) is 6.20. The van der Waals surface area contributed by atoms with Gasteiger partial charge in [-0.15, -0.1) is 0 Å². The fraction of sp³-hybridized carbons (Fsp3) is 0.143. The highest BCUT2D eigenvalue weighted by molar-refractivity contribution is 6.33. The molecule has 2 aromatic rings. The van der Waals surface area contributed by atoms with E-state index in [-0.39, 0.29) is 12.1 Å². The minimum atomic E-state index is -0.301. The minimum absolute atomic E-state index is 0.129. The maximum absolute atomic E-state index is 11.8. The summed E-state index contributed by atoms with van der Waals surface area (Å²) in [5, 5.41) is 6.04. The number of nitrogens with one attached hydrogen (secondary N) is 2. The third-order valence-electron chi connectivity index (χ3n) is 2.65. The number of urea groups is 1. The molecular formula is C14H14ClN3O. The molecule has 1 aromatic carbocycles. The Morgan fingerprint density at radius 2 is 2.05 bits per heavy atom. The molecule has 1 heterocycles. The number of para-hydroxylation sites is 1. The molecule has 1 atom stereocenters. The van der Waals surface area contributed by atoms with E-state index in [9.17, 15) is 4.79 Å². The van der Waals surface area contributed by atoms with Gasteiger partial charge in [0.1, 0.15) is 0 Å². The van der Waals surface area contributed by atoms with Crippen LogP contribution in [0, 0.1) is 0 Å². The Morgan fingerprint density at radius 1 is 1.26 bits per heavy atom. The standard InChI is InChI=1S/C14H14ClN3O/c1-10(11-5-4-8-16-9-11)17-14(19)18-13-7-3-2-6-12(13)15/h2-10H,1H3,(H2,17,18,19)/t10-/m1/s1. The van der Waals surface area contributed by atoms with Crippen molar-refractivity contribution in [2.75, 3.05) is 5.32 Å². The van der Waals surface area contributed by atoms with Crippen LogP contribution >= 0.6 is 11.6 Å². The third-order valence-corrected chi connectivity index (χ3v) is 2.98. The second-order valence-corrected chi connectivity index (χ2v) is 4.49. The number of carbonyl (C=O) groups is 1. The zero-order chi connectivity index (χ0) is 13.7. The van der Waals surface area contributed by atoms with E-state index in [2.05, 4.69) is 15.6 Å². The van der Waals surface area contributed by atoms with Gasteiger partial charge in [0.2, 0.25) is 0 Å². The van der Waals surface area contributed by atoms with Crippen LogP contribution in [0.25, 0.3) is 0 Å². The smallest absolute Gasteiger partial charge is 0.319 e. The number of anilines is 1. The maximum atomic E-state index is 11.8. The fourth-order valence-electron chi connectivity index (χ4n) is 1.63. The van der Waals surface area contributed by atoms with Gasteiger partial charge in [0, 0.05) is 12.4 Å². The van der Waals surface area contributed by atoms with Crippen molar-refractivity contribution in [2.45, 2.75) is 13.0 Å². The van der Waals surface area contributed by atoms with Gasteiger partial charge in [0.25, 0.3) is 0 Å². The van der Waals surface area contributed by atoms with Crippen LogP contribution in [-0.4, -0.2) is 11.0 Å². The van der Waals surface area contributed by atoms with Gasteiger partial charge in [0.15, 0.2) is 0 Å². The molecule has 0 fully saturated rings. The molecule has 0 aliphatic rings. The van der Waals surface area contributed by atoms with Crippen LogP contribution in [0.4, 0.5) is 10.5 Å². The number of benzene rings is 1. The highest BCUT2D eigenvalue weighted by Gasteiger charge is 2.10. The normalized spacial score (nSPS) is 11.7. The van der Waals surface area contributed by atoms with Gasteiger partial charge in [-0.2, -0.15) is 0 Å².